The third-order valence-electron chi connectivity index (χ3n) is 6.12. The number of sulfonamides is 1. The average molecular weight is 500 g/mol. The smallest absolute Gasteiger partial charge is 0.242 e. The molecule has 2 aromatic carbocycles. The van der Waals surface area contributed by atoms with Gasteiger partial charge in [-0.2, -0.15) is 0 Å². The van der Waals surface area contributed by atoms with Crippen molar-refractivity contribution < 1.29 is 28.2 Å². The minimum absolute atomic E-state index is 0.0288. The van der Waals surface area contributed by atoms with E-state index in [1.165, 1.54) is 38.4 Å². The Bertz CT molecular complexity index is 1300. The molecule has 0 aliphatic carbocycles. The first-order valence-corrected chi connectivity index (χ1v) is 12.7. The molecule has 2 heterocycles. The zero-order chi connectivity index (χ0) is 25.2. The van der Waals surface area contributed by atoms with Crippen molar-refractivity contribution in [3.8, 4) is 22.9 Å². The highest BCUT2D eigenvalue weighted by Crippen LogP contribution is 2.42. The van der Waals surface area contributed by atoms with Gasteiger partial charge in [0.05, 0.1) is 29.4 Å². The number of ketones is 1. The highest BCUT2D eigenvalue weighted by molar-refractivity contribution is 7.89. The van der Waals surface area contributed by atoms with Crippen LogP contribution in [0.4, 0.5) is 0 Å². The minimum atomic E-state index is -3.65. The highest BCUT2D eigenvalue weighted by atomic mass is 32.2. The van der Waals surface area contributed by atoms with Gasteiger partial charge in [0, 0.05) is 45.8 Å². The van der Waals surface area contributed by atoms with Crippen LogP contribution in [0.1, 0.15) is 15.9 Å². The number of carbonyl (C=O) groups excluding carboxylic acids is 1. The van der Waals surface area contributed by atoms with Crippen LogP contribution in [-0.4, -0.2) is 85.1 Å². The monoisotopic (exact) mass is 499 g/mol. The van der Waals surface area contributed by atoms with Gasteiger partial charge in [0.25, 0.3) is 0 Å². The first-order valence-electron chi connectivity index (χ1n) is 11.3. The van der Waals surface area contributed by atoms with Gasteiger partial charge < -0.3 is 19.5 Å². The lowest BCUT2D eigenvalue weighted by molar-refractivity contribution is 0.0362. The molecule has 3 aromatic rings. The molecule has 9 nitrogen and oxygen atoms in total. The Balaban J connectivity index is 1.74. The third kappa shape index (κ3) is 4.96. The Morgan fingerprint density at radius 2 is 1.60 bits per heavy atom. The Hall–Kier alpha value is -3.18. The molecule has 0 saturated carbocycles. The first-order chi connectivity index (χ1) is 16.7. The normalized spacial score (nSPS) is 14.9. The number of hydrogen-bond donors (Lipinski definition) is 2. The third-order valence-corrected chi connectivity index (χ3v) is 7.95. The van der Waals surface area contributed by atoms with Crippen LogP contribution in [0.2, 0.25) is 0 Å². The number of aromatic hydroxyl groups is 2. The van der Waals surface area contributed by atoms with Gasteiger partial charge in [0.1, 0.15) is 0 Å². The van der Waals surface area contributed by atoms with Gasteiger partial charge in [-0.15, -0.1) is 0 Å². The van der Waals surface area contributed by atoms with Gasteiger partial charge in [-0.05, 0) is 29.8 Å². The summed E-state index contributed by atoms with van der Waals surface area (Å²) in [6.45, 7) is 3.77. The van der Waals surface area contributed by atoms with Crippen LogP contribution >= 0.6 is 0 Å². The molecule has 0 spiro atoms. The number of ether oxygens (including phenoxy) is 1. The maximum Gasteiger partial charge on any atom is 0.242 e. The highest BCUT2D eigenvalue weighted by Gasteiger charge is 2.29. The molecule has 0 amide bonds. The van der Waals surface area contributed by atoms with E-state index in [1.54, 1.807) is 4.57 Å². The van der Waals surface area contributed by atoms with Crippen molar-refractivity contribution in [1.82, 2.24) is 13.8 Å². The molecule has 10 heteroatoms. The molecule has 186 valence electrons. The summed E-state index contributed by atoms with van der Waals surface area (Å²) in [6, 6.07) is 14.6. The summed E-state index contributed by atoms with van der Waals surface area (Å²) >= 11 is 0. The molecular weight excluding hydrogens is 470 g/mol. The van der Waals surface area contributed by atoms with Gasteiger partial charge >= 0.3 is 0 Å². The van der Waals surface area contributed by atoms with E-state index in [2.05, 4.69) is 4.90 Å². The molecule has 4 rings (SSSR count). The van der Waals surface area contributed by atoms with E-state index in [4.69, 9.17) is 4.74 Å². The second-order valence-electron chi connectivity index (χ2n) is 8.51. The topological polar surface area (TPSA) is 112 Å². The van der Waals surface area contributed by atoms with Crippen LogP contribution in [-0.2, 0) is 21.3 Å². The molecule has 35 heavy (non-hydrogen) atoms. The fourth-order valence-corrected chi connectivity index (χ4v) is 5.02. The number of nitrogens with zero attached hydrogens (tertiary/aromatic N) is 3. The molecule has 0 radical (unpaired) electrons. The molecule has 1 aliphatic rings. The number of aromatic nitrogens is 1. The van der Waals surface area contributed by atoms with Crippen LogP contribution in [0.25, 0.3) is 11.3 Å². The Labute approximate surface area is 204 Å². The second-order valence-corrected chi connectivity index (χ2v) is 10.7. The Morgan fingerprint density at radius 1 is 0.971 bits per heavy atom. The molecule has 0 bridgehead atoms. The van der Waals surface area contributed by atoms with E-state index in [1.807, 2.05) is 30.3 Å². The van der Waals surface area contributed by atoms with Crippen molar-refractivity contribution in [1.29, 1.82) is 0 Å². The summed E-state index contributed by atoms with van der Waals surface area (Å²) in [7, 11) is -0.786. The molecule has 0 unspecified atom stereocenters. The number of benzene rings is 2. The minimum Gasteiger partial charge on any atom is -0.503 e. The summed E-state index contributed by atoms with van der Waals surface area (Å²) in [5.74, 6) is -1.40. The van der Waals surface area contributed by atoms with E-state index < -0.39 is 21.6 Å². The fourth-order valence-electron chi connectivity index (χ4n) is 4.12. The molecule has 2 N–H and O–H groups in total. The maximum absolute atomic E-state index is 13.6. The lowest BCUT2D eigenvalue weighted by atomic mass is 9.99. The predicted octanol–water partition coefficient (Wildman–Crippen LogP) is 2.38. The summed E-state index contributed by atoms with van der Waals surface area (Å²) in [5.41, 5.74) is 1.24. The van der Waals surface area contributed by atoms with Gasteiger partial charge in [0.15, 0.2) is 11.5 Å². The number of rotatable bonds is 8. The predicted molar refractivity (Wildman–Crippen MR) is 131 cm³/mol. The van der Waals surface area contributed by atoms with E-state index in [0.717, 1.165) is 17.4 Å². The summed E-state index contributed by atoms with van der Waals surface area (Å²) < 4.78 is 32.8. The van der Waals surface area contributed by atoms with Crippen molar-refractivity contribution in [2.45, 2.75) is 11.4 Å². The fraction of sp³-hybridized carbons (Fsp3) is 0.320. The molecule has 1 aliphatic heterocycles. The quantitative estimate of drug-likeness (QED) is 0.458. The van der Waals surface area contributed by atoms with Gasteiger partial charge in [-0.3, -0.25) is 9.69 Å². The molecule has 1 fully saturated rings. The number of hydrogen-bond acceptors (Lipinski definition) is 7. The summed E-state index contributed by atoms with van der Waals surface area (Å²) in [5, 5.41) is 21.7. The van der Waals surface area contributed by atoms with Gasteiger partial charge in [-0.25, -0.2) is 12.7 Å². The van der Waals surface area contributed by atoms with Gasteiger partial charge in [0.2, 0.25) is 15.9 Å². The van der Waals surface area contributed by atoms with Crippen molar-refractivity contribution in [3.05, 3.63) is 65.7 Å². The van der Waals surface area contributed by atoms with Crippen LogP contribution in [0.5, 0.6) is 11.6 Å². The van der Waals surface area contributed by atoms with Gasteiger partial charge in [-0.1, -0.05) is 30.3 Å². The van der Waals surface area contributed by atoms with E-state index in [-0.39, 0.29) is 21.9 Å². The number of carbonyl (C=O) groups is 1. The molecule has 0 atom stereocenters. The SMILES string of the molecule is CN(C)S(=O)(=O)c1ccc(C(=O)c2c(O)c(O)n(CCN3CCOCC3)c2-c2ccccc2)cc1. The standard InChI is InChI=1S/C25H29N3O6S/c1-26(2)35(32,33)20-10-8-19(9-11-20)23(29)21-22(18-6-4-3-5-7-18)28(25(31)24(21)30)13-12-27-14-16-34-17-15-27/h3-11,30-31H,12-17H2,1-2H3. The van der Waals surface area contributed by atoms with Crippen LogP contribution < -0.4 is 0 Å². The molecule has 1 saturated heterocycles. The van der Waals surface area contributed by atoms with E-state index in [9.17, 15) is 23.4 Å². The molecule has 1 aromatic heterocycles. The van der Waals surface area contributed by atoms with Crippen LogP contribution in [0.15, 0.2) is 59.5 Å². The second kappa shape index (κ2) is 10.2. The Kier molecular flexibility index (Phi) is 7.27. The Morgan fingerprint density at radius 3 is 2.20 bits per heavy atom. The van der Waals surface area contributed by atoms with Crippen molar-refractivity contribution in [3.63, 3.8) is 0 Å². The van der Waals surface area contributed by atoms with Crippen LogP contribution in [0, 0.1) is 0 Å². The zero-order valence-electron chi connectivity index (χ0n) is 19.7. The zero-order valence-corrected chi connectivity index (χ0v) is 20.5. The van der Waals surface area contributed by atoms with Crippen molar-refractivity contribution in [2.24, 2.45) is 0 Å². The largest absolute Gasteiger partial charge is 0.503 e. The number of morpholine rings is 1. The average Bonchev–Trinajstić information content (AvgIpc) is 3.13. The summed E-state index contributed by atoms with van der Waals surface area (Å²) in [4.78, 5) is 15.8. The molecular formula is C25H29N3O6S. The van der Waals surface area contributed by atoms with Crippen LogP contribution in [0.3, 0.4) is 0 Å². The first kappa shape index (κ1) is 24.9. The van der Waals surface area contributed by atoms with E-state index in [0.29, 0.717) is 37.6 Å². The van der Waals surface area contributed by atoms with E-state index >= 15 is 0 Å². The van der Waals surface area contributed by atoms with Crippen molar-refractivity contribution >= 4 is 15.8 Å². The lowest BCUT2D eigenvalue weighted by Crippen LogP contribution is -2.38. The lowest BCUT2D eigenvalue weighted by Gasteiger charge is -2.27. The van der Waals surface area contributed by atoms with Crippen molar-refractivity contribution in [2.75, 3.05) is 46.9 Å². The maximum atomic E-state index is 13.6. The summed E-state index contributed by atoms with van der Waals surface area (Å²) in [6.07, 6.45) is 0.